The molecule has 4 heteroatoms. The quantitative estimate of drug-likeness (QED) is 0.930. The number of carbonyl (C=O) groups is 1. The van der Waals surface area contributed by atoms with Gasteiger partial charge in [0, 0.05) is 24.2 Å². The molecule has 0 bridgehead atoms. The highest BCUT2D eigenvalue weighted by molar-refractivity contribution is 9.10. The highest BCUT2D eigenvalue weighted by atomic mass is 79.9. The molecule has 18 heavy (non-hydrogen) atoms. The number of benzene rings is 1. The maximum atomic E-state index is 12.1. The normalized spacial score (nSPS) is 19.9. The molecule has 1 aliphatic heterocycles. The molecular weight excluding hydrogens is 294 g/mol. The number of hydrogen-bond acceptors (Lipinski definition) is 2. The van der Waals surface area contributed by atoms with Gasteiger partial charge in [-0.3, -0.25) is 4.79 Å². The minimum absolute atomic E-state index is 0.162. The van der Waals surface area contributed by atoms with Gasteiger partial charge in [0.15, 0.2) is 0 Å². The molecule has 0 spiro atoms. The molecule has 1 N–H and O–H groups in total. The molecule has 1 unspecified atom stereocenters. The van der Waals surface area contributed by atoms with Crippen molar-refractivity contribution in [3.63, 3.8) is 0 Å². The Morgan fingerprint density at radius 1 is 1.39 bits per heavy atom. The van der Waals surface area contributed by atoms with Crippen molar-refractivity contribution in [2.75, 3.05) is 19.7 Å². The van der Waals surface area contributed by atoms with Crippen LogP contribution in [0.2, 0.25) is 0 Å². The molecule has 0 radical (unpaired) electrons. The third-order valence-corrected chi connectivity index (χ3v) is 3.93. The molecule has 0 aliphatic carbocycles. The van der Waals surface area contributed by atoms with Gasteiger partial charge >= 0.3 is 0 Å². The summed E-state index contributed by atoms with van der Waals surface area (Å²) in [5.41, 5.74) is 1.04. The molecule has 2 rings (SSSR count). The highest BCUT2D eigenvalue weighted by Crippen LogP contribution is 2.17. The van der Waals surface area contributed by atoms with Crippen LogP contribution in [0.1, 0.15) is 18.4 Å². The van der Waals surface area contributed by atoms with Gasteiger partial charge in [0.05, 0.1) is 6.42 Å². The van der Waals surface area contributed by atoms with Gasteiger partial charge in [-0.2, -0.15) is 0 Å². The van der Waals surface area contributed by atoms with Crippen LogP contribution in [0.25, 0.3) is 0 Å². The van der Waals surface area contributed by atoms with E-state index in [1.807, 2.05) is 29.2 Å². The zero-order valence-corrected chi connectivity index (χ0v) is 11.9. The third-order valence-electron chi connectivity index (χ3n) is 3.40. The first-order valence-corrected chi connectivity index (χ1v) is 7.11. The number of piperidine rings is 1. The van der Waals surface area contributed by atoms with Crippen molar-refractivity contribution in [3.05, 3.63) is 34.3 Å². The Morgan fingerprint density at radius 2 is 2.11 bits per heavy atom. The van der Waals surface area contributed by atoms with Crippen LogP contribution in [-0.2, 0) is 11.2 Å². The maximum absolute atomic E-state index is 12.1. The summed E-state index contributed by atoms with van der Waals surface area (Å²) in [4.78, 5) is 14.0. The summed E-state index contributed by atoms with van der Waals surface area (Å²) in [7, 11) is 0. The lowest BCUT2D eigenvalue weighted by molar-refractivity contribution is -0.132. The fraction of sp³-hybridized carbons (Fsp3) is 0.500. The largest absolute Gasteiger partial charge is 0.396 e. The summed E-state index contributed by atoms with van der Waals surface area (Å²) >= 11 is 3.38. The van der Waals surface area contributed by atoms with Crippen molar-refractivity contribution in [1.29, 1.82) is 0 Å². The van der Waals surface area contributed by atoms with E-state index in [1.165, 1.54) is 0 Å². The number of halogens is 1. The Morgan fingerprint density at radius 3 is 2.78 bits per heavy atom. The molecule has 0 saturated carbocycles. The molecule has 1 aromatic carbocycles. The lowest BCUT2D eigenvalue weighted by Gasteiger charge is -2.32. The second-order valence-electron chi connectivity index (χ2n) is 4.83. The fourth-order valence-corrected chi connectivity index (χ4v) is 2.59. The van der Waals surface area contributed by atoms with Crippen molar-refractivity contribution in [2.45, 2.75) is 19.3 Å². The van der Waals surface area contributed by atoms with E-state index in [1.54, 1.807) is 0 Å². The van der Waals surface area contributed by atoms with Crippen LogP contribution in [0.15, 0.2) is 28.7 Å². The zero-order chi connectivity index (χ0) is 13.0. The van der Waals surface area contributed by atoms with Crippen molar-refractivity contribution >= 4 is 21.8 Å². The van der Waals surface area contributed by atoms with E-state index < -0.39 is 0 Å². The Labute approximate surface area is 116 Å². The van der Waals surface area contributed by atoms with Crippen LogP contribution in [-0.4, -0.2) is 35.6 Å². The van der Waals surface area contributed by atoms with Gasteiger partial charge in [-0.05, 0) is 36.5 Å². The van der Waals surface area contributed by atoms with Crippen LogP contribution < -0.4 is 0 Å². The molecule has 0 aromatic heterocycles. The summed E-state index contributed by atoms with van der Waals surface area (Å²) in [6, 6.07) is 7.84. The number of aliphatic hydroxyl groups is 1. The fourth-order valence-electron chi connectivity index (χ4n) is 2.33. The SMILES string of the molecule is O=C(Cc1ccc(Br)cc1)N1CCCC(CO)C1. The molecule has 1 heterocycles. The van der Waals surface area contributed by atoms with E-state index in [-0.39, 0.29) is 18.4 Å². The Kier molecular flexibility index (Phi) is 4.78. The number of aliphatic hydroxyl groups excluding tert-OH is 1. The number of amides is 1. The average Bonchev–Trinajstić information content (AvgIpc) is 2.41. The second kappa shape index (κ2) is 6.34. The van der Waals surface area contributed by atoms with E-state index in [2.05, 4.69) is 15.9 Å². The summed E-state index contributed by atoms with van der Waals surface area (Å²) in [5, 5.41) is 9.17. The lowest BCUT2D eigenvalue weighted by atomic mass is 9.98. The van der Waals surface area contributed by atoms with Crippen molar-refractivity contribution < 1.29 is 9.90 Å². The van der Waals surface area contributed by atoms with E-state index in [0.29, 0.717) is 13.0 Å². The number of carbonyl (C=O) groups excluding carboxylic acids is 1. The summed E-state index contributed by atoms with van der Waals surface area (Å²) in [6.07, 6.45) is 2.47. The van der Waals surface area contributed by atoms with Gasteiger partial charge in [-0.1, -0.05) is 28.1 Å². The molecule has 1 aromatic rings. The third kappa shape index (κ3) is 3.56. The van der Waals surface area contributed by atoms with Crippen molar-refractivity contribution in [1.82, 2.24) is 4.90 Å². The topological polar surface area (TPSA) is 40.5 Å². The van der Waals surface area contributed by atoms with Gasteiger partial charge in [-0.25, -0.2) is 0 Å². The summed E-state index contributed by atoms with van der Waals surface area (Å²) in [5.74, 6) is 0.420. The number of hydrogen-bond donors (Lipinski definition) is 1. The lowest BCUT2D eigenvalue weighted by Crippen LogP contribution is -2.41. The standard InChI is InChI=1S/C14H18BrNO2/c15-13-5-3-11(4-6-13)8-14(18)16-7-1-2-12(9-16)10-17/h3-6,12,17H,1-2,7-10H2. The number of rotatable bonds is 3. The summed E-state index contributed by atoms with van der Waals surface area (Å²) in [6.45, 7) is 1.71. The summed E-state index contributed by atoms with van der Waals surface area (Å²) < 4.78 is 1.03. The first-order chi connectivity index (χ1) is 8.69. The average molecular weight is 312 g/mol. The Bertz CT molecular complexity index is 405. The van der Waals surface area contributed by atoms with Gasteiger partial charge in [0.1, 0.15) is 0 Å². The molecule has 98 valence electrons. The number of likely N-dealkylation sites (tertiary alicyclic amines) is 1. The minimum Gasteiger partial charge on any atom is -0.396 e. The Balaban J connectivity index is 1.93. The predicted molar refractivity (Wildman–Crippen MR) is 74.2 cm³/mol. The van der Waals surface area contributed by atoms with Crippen LogP contribution in [0.4, 0.5) is 0 Å². The maximum Gasteiger partial charge on any atom is 0.226 e. The van der Waals surface area contributed by atoms with Crippen molar-refractivity contribution in [2.24, 2.45) is 5.92 Å². The van der Waals surface area contributed by atoms with Gasteiger partial charge < -0.3 is 10.0 Å². The smallest absolute Gasteiger partial charge is 0.226 e. The first kappa shape index (κ1) is 13.6. The second-order valence-corrected chi connectivity index (χ2v) is 5.75. The van der Waals surface area contributed by atoms with Crippen LogP contribution in [0.3, 0.4) is 0 Å². The molecule has 1 fully saturated rings. The van der Waals surface area contributed by atoms with Crippen LogP contribution in [0, 0.1) is 5.92 Å². The minimum atomic E-state index is 0.162. The molecule has 1 amide bonds. The molecular formula is C14H18BrNO2. The van der Waals surface area contributed by atoms with E-state index in [9.17, 15) is 4.79 Å². The monoisotopic (exact) mass is 311 g/mol. The van der Waals surface area contributed by atoms with E-state index in [0.717, 1.165) is 29.4 Å². The zero-order valence-electron chi connectivity index (χ0n) is 10.3. The van der Waals surface area contributed by atoms with Gasteiger partial charge in [-0.15, -0.1) is 0 Å². The highest BCUT2D eigenvalue weighted by Gasteiger charge is 2.22. The molecule has 1 atom stereocenters. The van der Waals surface area contributed by atoms with Crippen LogP contribution >= 0.6 is 15.9 Å². The number of nitrogens with zero attached hydrogens (tertiary/aromatic N) is 1. The molecule has 3 nitrogen and oxygen atoms in total. The van der Waals surface area contributed by atoms with E-state index >= 15 is 0 Å². The molecule has 1 aliphatic rings. The van der Waals surface area contributed by atoms with Gasteiger partial charge in [0.2, 0.25) is 5.91 Å². The first-order valence-electron chi connectivity index (χ1n) is 6.32. The Hall–Kier alpha value is -0.870. The van der Waals surface area contributed by atoms with Crippen molar-refractivity contribution in [3.8, 4) is 0 Å². The molecule has 1 saturated heterocycles. The van der Waals surface area contributed by atoms with E-state index in [4.69, 9.17) is 5.11 Å². The van der Waals surface area contributed by atoms with Gasteiger partial charge in [0.25, 0.3) is 0 Å². The predicted octanol–water partition coefficient (Wildman–Crippen LogP) is 2.22. The van der Waals surface area contributed by atoms with Crippen LogP contribution in [0.5, 0.6) is 0 Å².